The fraction of sp³-hybridized carbons (Fsp3) is 0.412. The number of nitrogens with zero attached hydrogens (tertiary/aromatic N) is 2. The Hall–Kier alpha value is -1.93. The predicted octanol–water partition coefficient (Wildman–Crippen LogP) is 3.18. The zero-order valence-electron chi connectivity index (χ0n) is 14.1. The first kappa shape index (κ1) is 17.9. The van der Waals surface area contributed by atoms with Crippen molar-refractivity contribution in [2.24, 2.45) is 5.92 Å². The van der Waals surface area contributed by atoms with E-state index in [4.69, 9.17) is 4.74 Å². The maximum absolute atomic E-state index is 12.3. The van der Waals surface area contributed by atoms with Crippen LogP contribution in [0.4, 0.5) is 5.00 Å². The van der Waals surface area contributed by atoms with Gasteiger partial charge in [0.25, 0.3) is 0 Å². The largest absolute Gasteiger partial charge is 0.465 e. The minimum absolute atomic E-state index is 0.184. The molecule has 1 aliphatic rings. The summed E-state index contributed by atoms with van der Waals surface area (Å²) in [6.07, 6.45) is 6.10. The second-order valence-corrected chi connectivity index (χ2v) is 7.96. The number of esters is 1. The van der Waals surface area contributed by atoms with Gasteiger partial charge in [0.05, 0.1) is 18.4 Å². The van der Waals surface area contributed by atoms with E-state index in [0.29, 0.717) is 21.6 Å². The summed E-state index contributed by atoms with van der Waals surface area (Å²) >= 11 is 2.74. The van der Waals surface area contributed by atoms with Gasteiger partial charge >= 0.3 is 5.97 Å². The number of nitrogens with one attached hydrogen (secondary N) is 1. The van der Waals surface area contributed by atoms with Crippen LogP contribution in [0, 0.1) is 5.92 Å². The molecule has 1 aliphatic carbocycles. The van der Waals surface area contributed by atoms with Crippen molar-refractivity contribution < 1.29 is 14.3 Å². The number of carbonyl (C=O) groups is 2. The van der Waals surface area contributed by atoms with Crippen molar-refractivity contribution in [1.82, 2.24) is 9.97 Å². The molecule has 0 fully saturated rings. The standard InChI is InChI=1S/C17H19N3O3S2/c1-10-4-5-11-12(8-10)25-15(14(11)16(22)23-2)20-13(21)9-24-17-18-6-3-7-19-17/h3,6-7,10H,4-5,8-9H2,1-2H3,(H,20,21). The van der Waals surface area contributed by atoms with Gasteiger partial charge < -0.3 is 10.1 Å². The average Bonchev–Trinajstić information content (AvgIpc) is 2.97. The van der Waals surface area contributed by atoms with Crippen molar-refractivity contribution in [3.63, 3.8) is 0 Å². The van der Waals surface area contributed by atoms with Crippen molar-refractivity contribution in [2.75, 3.05) is 18.2 Å². The third kappa shape index (κ3) is 4.19. The molecule has 0 spiro atoms. The number of rotatable bonds is 5. The molecule has 2 heterocycles. The Morgan fingerprint density at radius 1 is 1.40 bits per heavy atom. The lowest BCUT2D eigenvalue weighted by Gasteiger charge is -2.18. The number of carbonyl (C=O) groups excluding carboxylic acids is 2. The van der Waals surface area contributed by atoms with E-state index >= 15 is 0 Å². The zero-order valence-corrected chi connectivity index (χ0v) is 15.7. The Bertz CT molecular complexity index is 777. The summed E-state index contributed by atoms with van der Waals surface area (Å²) in [7, 11) is 1.37. The summed E-state index contributed by atoms with van der Waals surface area (Å²) < 4.78 is 4.93. The smallest absolute Gasteiger partial charge is 0.341 e. The van der Waals surface area contributed by atoms with Crippen LogP contribution in [0.1, 0.15) is 34.1 Å². The molecule has 3 rings (SSSR count). The highest BCUT2D eigenvalue weighted by atomic mass is 32.2. The molecule has 25 heavy (non-hydrogen) atoms. The highest BCUT2D eigenvalue weighted by Gasteiger charge is 2.28. The van der Waals surface area contributed by atoms with E-state index in [1.165, 1.54) is 35.1 Å². The Labute approximate surface area is 154 Å². The van der Waals surface area contributed by atoms with Crippen LogP contribution in [-0.2, 0) is 22.4 Å². The van der Waals surface area contributed by atoms with Gasteiger partial charge in [-0.15, -0.1) is 11.3 Å². The van der Waals surface area contributed by atoms with E-state index in [0.717, 1.165) is 24.8 Å². The number of fused-ring (bicyclic) bond motifs is 1. The van der Waals surface area contributed by atoms with Gasteiger partial charge in [-0.25, -0.2) is 14.8 Å². The van der Waals surface area contributed by atoms with E-state index in [1.54, 1.807) is 18.5 Å². The third-order valence-corrected chi connectivity index (χ3v) is 6.07. The van der Waals surface area contributed by atoms with Crippen LogP contribution in [-0.4, -0.2) is 34.7 Å². The molecule has 0 saturated heterocycles. The van der Waals surface area contributed by atoms with Crippen LogP contribution in [0.25, 0.3) is 0 Å². The Balaban J connectivity index is 1.75. The number of hydrogen-bond donors (Lipinski definition) is 1. The monoisotopic (exact) mass is 377 g/mol. The highest BCUT2D eigenvalue weighted by molar-refractivity contribution is 7.99. The van der Waals surface area contributed by atoms with Crippen LogP contribution in [0.3, 0.4) is 0 Å². The van der Waals surface area contributed by atoms with Gasteiger partial charge in [0.1, 0.15) is 5.00 Å². The van der Waals surface area contributed by atoms with Crippen molar-refractivity contribution in [3.05, 3.63) is 34.5 Å². The summed E-state index contributed by atoms with van der Waals surface area (Å²) in [4.78, 5) is 33.8. The number of thioether (sulfide) groups is 1. The molecule has 1 N–H and O–H groups in total. The maximum Gasteiger partial charge on any atom is 0.341 e. The van der Waals surface area contributed by atoms with Gasteiger partial charge in [-0.05, 0) is 36.8 Å². The Morgan fingerprint density at radius 3 is 2.88 bits per heavy atom. The van der Waals surface area contributed by atoms with Gasteiger partial charge in [0.2, 0.25) is 5.91 Å². The van der Waals surface area contributed by atoms with E-state index in [-0.39, 0.29) is 17.6 Å². The summed E-state index contributed by atoms with van der Waals surface area (Å²) in [6.45, 7) is 2.20. The number of amides is 1. The Morgan fingerprint density at radius 2 is 2.16 bits per heavy atom. The topological polar surface area (TPSA) is 81.2 Å². The first-order chi connectivity index (χ1) is 12.1. The maximum atomic E-state index is 12.3. The predicted molar refractivity (Wildman–Crippen MR) is 98.2 cm³/mol. The summed E-state index contributed by atoms with van der Waals surface area (Å²) in [5, 5.41) is 4.01. The second-order valence-electron chi connectivity index (χ2n) is 5.92. The van der Waals surface area contributed by atoms with E-state index in [1.807, 2.05) is 0 Å². The molecule has 0 radical (unpaired) electrons. The lowest BCUT2D eigenvalue weighted by molar-refractivity contribution is -0.113. The fourth-order valence-electron chi connectivity index (χ4n) is 2.81. The number of ether oxygens (including phenoxy) is 1. The molecule has 6 nitrogen and oxygen atoms in total. The lowest BCUT2D eigenvalue weighted by atomic mass is 9.88. The van der Waals surface area contributed by atoms with Crippen LogP contribution in [0.5, 0.6) is 0 Å². The first-order valence-corrected chi connectivity index (χ1v) is 9.81. The quantitative estimate of drug-likeness (QED) is 0.490. The third-order valence-electron chi connectivity index (χ3n) is 4.03. The summed E-state index contributed by atoms with van der Waals surface area (Å²) in [6, 6.07) is 1.73. The van der Waals surface area contributed by atoms with Gasteiger partial charge in [0.15, 0.2) is 5.16 Å². The number of hydrogen-bond acceptors (Lipinski definition) is 7. The molecular formula is C17H19N3O3S2. The van der Waals surface area contributed by atoms with Crippen LogP contribution in [0.2, 0.25) is 0 Å². The van der Waals surface area contributed by atoms with Gasteiger partial charge in [0, 0.05) is 17.3 Å². The lowest BCUT2D eigenvalue weighted by Crippen LogP contribution is -2.17. The SMILES string of the molecule is COC(=O)c1c(NC(=O)CSc2ncccn2)sc2c1CCC(C)C2. The molecule has 0 aromatic carbocycles. The first-order valence-electron chi connectivity index (χ1n) is 8.01. The van der Waals surface area contributed by atoms with Crippen LogP contribution in [0.15, 0.2) is 23.6 Å². The summed E-state index contributed by atoms with van der Waals surface area (Å²) in [5.74, 6) is 0.200. The molecule has 8 heteroatoms. The van der Waals surface area contributed by atoms with Crippen molar-refractivity contribution in [3.8, 4) is 0 Å². The molecule has 2 aromatic rings. The van der Waals surface area contributed by atoms with Gasteiger partial charge in [-0.2, -0.15) is 0 Å². The average molecular weight is 377 g/mol. The number of aromatic nitrogens is 2. The fourth-order valence-corrected chi connectivity index (χ4v) is 4.83. The van der Waals surface area contributed by atoms with E-state index in [2.05, 4.69) is 22.2 Å². The Kier molecular flexibility index (Phi) is 5.70. The number of methoxy groups -OCH3 is 1. The number of thiophene rings is 1. The minimum Gasteiger partial charge on any atom is -0.465 e. The van der Waals surface area contributed by atoms with E-state index in [9.17, 15) is 9.59 Å². The highest BCUT2D eigenvalue weighted by Crippen LogP contribution is 2.40. The molecule has 1 unspecified atom stereocenters. The van der Waals surface area contributed by atoms with Crippen LogP contribution >= 0.6 is 23.1 Å². The van der Waals surface area contributed by atoms with E-state index < -0.39 is 0 Å². The minimum atomic E-state index is -0.388. The van der Waals surface area contributed by atoms with Gasteiger partial charge in [-0.1, -0.05) is 18.7 Å². The molecular weight excluding hydrogens is 358 g/mol. The normalized spacial score (nSPS) is 16.2. The van der Waals surface area contributed by atoms with Crippen molar-refractivity contribution in [2.45, 2.75) is 31.3 Å². The van der Waals surface area contributed by atoms with Gasteiger partial charge in [-0.3, -0.25) is 4.79 Å². The van der Waals surface area contributed by atoms with Crippen molar-refractivity contribution in [1.29, 1.82) is 0 Å². The molecule has 1 amide bonds. The zero-order chi connectivity index (χ0) is 17.8. The molecule has 0 saturated carbocycles. The molecule has 1 atom stereocenters. The number of anilines is 1. The molecule has 2 aromatic heterocycles. The molecule has 0 aliphatic heterocycles. The summed E-state index contributed by atoms with van der Waals surface area (Å²) in [5.41, 5.74) is 1.55. The van der Waals surface area contributed by atoms with Crippen LogP contribution < -0.4 is 5.32 Å². The van der Waals surface area contributed by atoms with Crippen molar-refractivity contribution >= 4 is 40.0 Å². The molecule has 132 valence electrons. The molecule has 0 bridgehead atoms. The second kappa shape index (κ2) is 7.97.